The summed E-state index contributed by atoms with van der Waals surface area (Å²) >= 11 is 0. The molecule has 0 bridgehead atoms. The minimum absolute atomic E-state index is 0.213. The molecule has 0 aliphatic heterocycles. The molecule has 2 saturated carbocycles. The summed E-state index contributed by atoms with van der Waals surface area (Å²) in [7, 11) is 0. The lowest BCUT2D eigenvalue weighted by Crippen LogP contribution is -2.42. The van der Waals surface area contributed by atoms with Gasteiger partial charge in [-0.3, -0.25) is 0 Å². The molecule has 184 valence electrons. The van der Waals surface area contributed by atoms with Crippen LogP contribution in [-0.4, -0.2) is 24.7 Å². The molecular weight excluding hydrogens is 400 g/mol. The van der Waals surface area contributed by atoms with Crippen molar-refractivity contribution >= 4 is 0 Å². The predicted octanol–water partition coefficient (Wildman–Crippen LogP) is 8.93. The van der Waals surface area contributed by atoms with Crippen molar-refractivity contribution < 1.29 is 17.6 Å². The number of rotatable bonds is 10. The Hall–Kier alpha value is -0.280. The van der Waals surface area contributed by atoms with Gasteiger partial charge in [-0.05, 0) is 85.9 Å². The molecule has 0 N–H and O–H groups in total. The van der Waals surface area contributed by atoms with Crippen LogP contribution in [0.1, 0.15) is 99.3 Å². The molecule has 4 heteroatoms. The number of hydrogen-bond acceptors (Lipinski definition) is 0. The zero-order valence-electron chi connectivity index (χ0n) is 20.8. The molecule has 0 saturated heterocycles. The molecule has 2 aliphatic carbocycles. The first kappa shape index (κ1) is 27.0. The number of hydrogen-bond donors (Lipinski definition) is 0. The monoisotopic (exact) mass is 448 g/mol. The van der Waals surface area contributed by atoms with Crippen LogP contribution in [-0.2, 0) is 0 Å². The highest BCUT2D eigenvalue weighted by Crippen LogP contribution is 2.45. The molecule has 7 atom stereocenters. The predicted molar refractivity (Wildman–Crippen MR) is 123 cm³/mol. The molecule has 2 rings (SSSR count). The fraction of sp³-hybridized carbons (Fsp3) is 1.00. The van der Waals surface area contributed by atoms with E-state index < -0.39 is 42.4 Å². The normalized spacial score (nSPS) is 34.5. The molecule has 31 heavy (non-hydrogen) atoms. The van der Waals surface area contributed by atoms with Gasteiger partial charge in [0.2, 0.25) is 0 Å². The lowest BCUT2D eigenvalue weighted by Gasteiger charge is -2.41. The summed E-state index contributed by atoms with van der Waals surface area (Å²) in [5.74, 6) is 0.187. The first-order valence-electron chi connectivity index (χ1n) is 13.1. The molecule has 0 radical (unpaired) electrons. The van der Waals surface area contributed by atoms with Gasteiger partial charge < -0.3 is 0 Å². The van der Waals surface area contributed by atoms with Gasteiger partial charge in [-0.2, -0.15) is 0 Å². The van der Waals surface area contributed by atoms with Gasteiger partial charge >= 0.3 is 0 Å². The van der Waals surface area contributed by atoms with Crippen LogP contribution >= 0.6 is 0 Å². The highest BCUT2D eigenvalue weighted by molar-refractivity contribution is 4.91. The van der Waals surface area contributed by atoms with E-state index in [9.17, 15) is 8.78 Å². The summed E-state index contributed by atoms with van der Waals surface area (Å²) in [6, 6.07) is 0. The van der Waals surface area contributed by atoms with Crippen LogP contribution in [0.25, 0.3) is 0 Å². The molecule has 0 nitrogen and oxygen atoms in total. The van der Waals surface area contributed by atoms with E-state index >= 15 is 8.78 Å². The highest BCUT2D eigenvalue weighted by atomic mass is 19.2. The Morgan fingerprint density at radius 2 is 1.03 bits per heavy atom. The van der Waals surface area contributed by atoms with Gasteiger partial charge in [0.15, 0.2) is 0 Å². The third kappa shape index (κ3) is 6.85. The maximum absolute atomic E-state index is 15.4. The maximum atomic E-state index is 15.4. The third-order valence-electron chi connectivity index (χ3n) is 9.11. The number of halogens is 4. The van der Waals surface area contributed by atoms with Crippen molar-refractivity contribution in [2.75, 3.05) is 0 Å². The van der Waals surface area contributed by atoms with Crippen molar-refractivity contribution in [2.24, 2.45) is 47.3 Å². The van der Waals surface area contributed by atoms with E-state index in [1.165, 1.54) is 32.6 Å². The van der Waals surface area contributed by atoms with Crippen molar-refractivity contribution in [3.63, 3.8) is 0 Å². The second kappa shape index (κ2) is 12.3. The lowest BCUT2D eigenvalue weighted by molar-refractivity contribution is -0.0117. The van der Waals surface area contributed by atoms with Gasteiger partial charge in [-0.25, -0.2) is 17.6 Å². The Balaban J connectivity index is 1.91. The molecule has 0 heterocycles. The Bertz CT molecular complexity index is 493. The van der Waals surface area contributed by atoms with Gasteiger partial charge in [-0.15, -0.1) is 0 Å². The molecule has 0 spiro atoms. The fourth-order valence-electron chi connectivity index (χ4n) is 6.38. The largest absolute Gasteiger partial charge is 0.244 e. The summed E-state index contributed by atoms with van der Waals surface area (Å²) in [5.41, 5.74) is 0. The maximum Gasteiger partial charge on any atom is 0.134 e. The van der Waals surface area contributed by atoms with Crippen LogP contribution in [0.4, 0.5) is 17.6 Å². The topological polar surface area (TPSA) is 0 Å². The first-order chi connectivity index (χ1) is 14.6. The average Bonchev–Trinajstić information content (AvgIpc) is 2.77. The summed E-state index contributed by atoms with van der Waals surface area (Å²) in [6.45, 7) is 10.6. The molecule has 7 unspecified atom stereocenters. The highest BCUT2D eigenvalue weighted by Gasteiger charge is 2.43. The van der Waals surface area contributed by atoms with Crippen molar-refractivity contribution in [3.8, 4) is 0 Å². The van der Waals surface area contributed by atoms with E-state index in [0.717, 1.165) is 43.4 Å². The minimum Gasteiger partial charge on any atom is -0.244 e. The van der Waals surface area contributed by atoms with Crippen molar-refractivity contribution in [2.45, 2.75) is 124 Å². The van der Waals surface area contributed by atoms with Crippen LogP contribution in [0, 0.1) is 47.3 Å². The van der Waals surface area contributed by atoms with Crippen LogP contribution in [0.5, 0.6) is 0 Å². The second-order valence-corrected chi connectivity index (χ2v) is 11.5. The molecular formula is C27H48F4. The van der Waals surface area contributed by atoms with Crippen molar-refractivity contribution in [1.29, 1.82) is 0 Å². The van der Waals surface area contributed by atoms with E-state index in [1.807, 2.05) is 6.92 Å². The zero-order chi connectivity index (χ0) is 23.3. The zero-order valence-corrected chi connectivity index (χ0v) is 20.8. The van der Waals surface area contributed by atoms with Crippen molar-refractivity contribution in [3.05, 3.63) is 0 Å². The van der Waals surface area contributed by atoms with E-state index in [1.54, 1.807) is 20.8 Å². The summed E-state index contributed by atoms with van der Waals surface area (Å²) in [5, 5.41) is 0. The average molecular weight is 449 g/mol. The Morgan fingerprint density at radius 3 is 1.45 bits per heavy atom. The number of alkyl halides is 4. The molecule has 0 aromatic carbocycles. The van der Waals surface area contributed by atoms with E-state index in [4.69, 9.17) is 0 Å². The van der Waals surface area contributed by atoms with Crippen LogP contribution in [0.15, 0.2) is 0 Å². The van der Waals surface area contributed by atoms with Gasteiger partial charge in [0.05, 0.1) is 0 Å². The van der Waals surface area contributed by atoms with Crippen molar-refractivity contribution in [1.82, 2.24) is 0 Å². The van der Waals surface area contributed by atoms with Gasteiger partial charge in [-0.1, -0.05) is 60.8 Å². The fourth-order valence-corrected chi connectivity index (χ4v) is 6.38. The Morgan fingerprint density at radius 1 is 0.613 bits per heavy atom. The van der Waals surface area contributed by atoms with Crippen LogP contribution < -0.4 is 0 Å². The lowest BCUT2D eigenvalue weighted by atomic mass is 9.66. The van der Waals surface area contributed by atoms with E-state index in [-0.39, 0.29) is 11.8 Å². The summed E-state index contributed by atoms with van der Waals surface area (Å²) < 4.78 is 59.2. The third-order valence-corrected chi connectivity index (χ3v) is 9.11. The molecule has 0 aromatic rings. The smallest absolute Gasteiger partial charge is 0.134 e. The van der Waals surface area contributed by atoms with E-state index in [2.05, 4.69) is 6.92 Å². The van der Waals surface area contributed by atoms with Gasteiger partial charge in [0, 0.05) is 0 Å². The Labute approximate surface area is 189 Å². The summed E-state index contributed by atoms with van der Waals surface area (Å²) in [6.07, 6.45) is 3.46. The molecule has 2 fully saturated rings. The standard InChI is InChI=1S/C27H48F4/c1-7-23(22-14-12-21(13-15-22)20-10-8-17(4)9-11-20)27(31)26(30)19(6)18(5)25(29)24(28)16(2)3/h16-27H,7-15H2,1-6H3. The van der Waals surface area contributed by atoms with E-state index in [0.29, 0.717) is 6.42 Å². The second-order valence-electron chi connectivity index (χ2n) is 11.5. The Kier molecular flexibility index (Phi) is 10.7. The van der Waals surface area contributed by atoms with Gasteiger partial charge in [0.1, 0.15) is 24.7 Å². The molecule has 0 amide bonds. The summed E-state index contributed by atoms with van der Waals surface area (Å²) in [4.78, 5) is 0. The van der Waals surface area contributed by atoms with Gasteiger partial charge in [0.25, 0.3) is 0 Å². The van der Waals surface area contributed by atoms with Crippen LogP contribution in [0.3, 0.4) is 0 Å². The quantitative estimate of drug-likeness (QED) is 0.293. The molecule has 2 aliphatic rings. The first-order valence-corrected chi connectivity index (χ1v) is 13.1. The SMILES string of the molecule is CCC(C1CCC(C2CCC(C)CC2)CC1)C(F)C(F)C(C)C(C)C(F)C(F)C(C)C. The minimum atomic E-state index is -1.76. The van der Waals surface area contributed by atoms with Crippen LogP contribution in [0.2, 0.25) is 0 Å². The molecule has 0 aromatic heterocycles.